The highest BCUT2D eigenvalue weighted by Gasteiger charge is 2.34. The zero-order valence-corrected chi connectivity index (χ0v) is 14.0. The number of nitrogens with one attached hydrogen (secondary N) is 1. The highest BCUT2D eigenvalue weighted by Crippen LogP contribution is 2.36. The number of rotatable bonds is 6. The summed E-state index contributed by atoms with van der Waals surface area (Å²) in [5, 5.41) is 2.80. The summed E-state index contributed by atoms with van der Waals surface area (Å²) < 4.78 is 5.76. The number of hydrogen-bond donors (Lipinski definition) is 2. The van der Waals surface area contributed by atoms with Crippen LogP contribution in [0.15, 0.2) is 18.2 Å². The molecule has 0 spiro atoms. The van der Waals surface area contributed by atoms with Crippen LogP contribution >= 0.6 is 0 Å². The van der Waals surface area contributed by atoms with Crippen LogP contribution in [0, 0.1) is 0 Å². The minimum absolute atomic E-state index is 0.00585. The van der Waals surface area contributed by atoms with Gasteiger partial charge in [-0.15, -0.1) is 0 Å². The van der Waals surface area contributed by atoms with E-state index in [0.29, 0.717) is 24.4 Å². The summed E-state index contributed by atoms with van der Waals surface area (Å²) in [6.45, 7) is 6.34. The molecule has 2 atom stereocenters. The molecule has 0 bridgehead atoms. The molecular formula is C17H25N3O3. The molecule has 6 nitrogen and oxygen atoms in total. The second-order valence-corrected chi connectivity index (χ2v) is 5.80. The van der Waals surface area contributed by atoms with Crippen molar-refractivity contribution in [2.75, 3.05) is 18.0 Å². The van der Waals surface area contributed by atoms with Gasteiger partial charge in [-0.2, -0.15) is 0 Å². The van der Waals surface area contributed by atoms with Crippen molar-refractivity contribution < 1.29 is 14.3 Å². The third-order valence-electron chi connectivity index (χ3n) is 3.85. The monoisotopic (exact) mass is 319 g/mol. The van der Waals surface area contributed by atoms with Crippen LogP contribution in [0.3, 0.4) is 0 Å². The van der Waals surface area contributed by atoms with Gasteiger partial charge in [0.05, 0.1) is 5.69 Å². The van der Waals surface area contributed by atoms with Crippen molar-refractivity contribution in [3.63, 3.8) is 0 Å². The number of carbonyl (C=O) groups excluding carboxylic acids is 2. The molecule has 3 N–H and O–H groups in total. The number of ether oxygens (including phenoxy) is 1. The molecule has 1 heterocycles. The Morgan fingerprint density at radius 1 is 1.43 bits per heavy atom. The fraction of sp³-hybridized carbons (Fsp3) is 0.529. The predicted octanol–water partition coefficient (Wildman–Crippen LogP) is 1.74. The van der Waals surface area contributed by atoms with Crippen molar-refractivity contribution in [1.29, 1.82) is 0 Å². The van der Waals surface area contributed by atoms with Gasteiger partial charge in [0.15, 0.2) is 6.10 Å². The summed E-state index contributed by atoms with van der Waals surface area (Å²) in [7, 11) is 0. The van der Waals surface area contributed by atoms with Crippen molar-refractivity contribution >= 4 is 17.5 Å². The maximum absolute atomic E-state index is 12.6. The highest BCUT2D eigenvalue weighted by atomic mass is 16.5. The number of nitrogens with zero attached hydrogens (tertiary/aromatic N) is 1. The standard InChI is InChI=1S/C17H25N3O3/c1-4-8-19-16(21)10-20-13-9-12(11(3)18)6-7-15(13)23-14(5-2)17(20)22/h6-7,9,11,14H,4-5,8,10,18H2,1-3H3,(H,19,21). The Kier molecular flexibility index (Phi) is 5.60. The number of amides is 2. The molecule has 0 saturated carbocycles. The zero-order chi connectivity index (χ0) is 17.0. The maximum Gasteiger partial charge on any atom is 0.268 e. The lowest BCUT2D eigenvalue weighted by atomic mass is 10.0. The normalized spacial score (nSPS) is 18.2. The average molecular weight is 319 g/mol. The van der Waals surface area contributed by atoms with Gasteiger partial charge >= 0.3 is 0 Å². The second kappa shape index (κ2) is 7.46. The maximum atomic E-state index is 12.6. The molecule has 1 aromatic carbocycles. The number of carbonyl (C=O) groups is 2. The van der Waals surface area contributed by atoms with E-state index in [1.54, 1.807) is 0 Å². The molecule has 2 unspecified atom stereocenters. The van der Waals surface area contributed by atoms with Crippen LogP contribution in [0.4, 0.5) is 5.69 Å². The fourth-order valence-electron chi connectivity index (χ4n) is 2.51. The van der Waals surface area contributed by atoms with Crippen molar-refractivity contribution in [2.45, 2.75) is 45.8 Å². The molecule has 0 fully saturated rings. The lowest BCUT2D eigenvalue weighted by molar-refractivity contribution is -0.129. The third kappa shape index (κ3) is 3.82. The zero-order valence-electron chi connectivity index (χ0n) is 14.0. The topological polar surface area (TPSA) is 84.7 Å². The van der Waals surface area contributed by atoms with Gasteiger partial charge in [0.25, 0.3) is 5.91 Å². The Labute approximate surface area is 137 Å². The van der Waals surface area contributed by atoms with Gasteiger partial charge < -0.3 is 15.8 Å². The van der Waals surface area contributed by atoms with Gasteiger partial charge in [-0.3, -0.25) is 14.5 Å². The molecule has 126 valence electrons. The molecule has 1 aliphatic rings. The fourth-order valence-corrected chi connectivity index (χ4v) is 2.51. The summed E-state index contributed by atoms with van der Waals surface area (Å²) in [6, 6.07) is 5.38. The van der Waals surface area contributed by atoms with E-state index in [0.717, 1.165) is 12.0 Å². The van der Waals surface area contributed by atoms with Gasteiger partial charge in [0, 0.05) is 12.6 Å². The lowest BCUT2D eigenvalue weighted by Crippen LogP contribution is -2.49. The molecule has 23 heavy (non-hydrogen) atoms. The minimum atomic E-state index is -0.553. The van der Waals surface area contributed by atoms with Crippen LogP contribution in [-0.2, 0) is 9.59 Å². The molecule has 0 aliphatic carbocycles. The molecule has 0 saturated heterocycles. The van der Waals surface area contributed by atoms with E-state index in [2.05, 4.69) is 5.32 Å². The molecule has 2 amide bonds. The Morgan fingerprint density at radius 3 is 2.78 bits per heavy atom. The smallest absolute Gasteiger partial charge is 0.268 e. The lowest BCUT2D eigenvalue weighted by Gasteiger charge is -2.34. The number of anilines is 1. The van der Waals surface area contributed by atoms with Gasteiger partial charge in [-0.25, -0.2) is 0 Å². The number of fused-ring (bicyclic) bond motifs is 1. The van der Waals surface area contributed by atoms with Gasteiger partial charge in [0.2, 0.25) is 5.91 Å². The predicted molar refractivity (Wildman–Crippen MR) is 89.4 cm³/mol. The van der Waals surface area contributed by atoms with Crippen LogP contribution < -0.4 is 20.7 Å². The molecular weight excluding hydrogens is 294 g/mol. The molecule has 1 aliphatic heterocycles. The van der Waals surface area contributed by atoms with Crippen LogP contribution in [0.1, 0.15) is 45.2 Å². The quantitative estimate of drug-likeness (QED) is 0.836. The Balaban J connectivity index is 2.32. The van der Waals surface area contributed by atoms with E-state index in [4.69, 9.17) is 10.5 Å². The third-order valence-corrected chi connectivity index (χ3v) is 3.85. The van der Waals surface area contributed by atoms with Crippen LogP contribution in [-0.4, -0.2) is 31.0 Å². The van der Waals surface area contributed by atoms with Crippen LogP contribution in [0.25, 0.3) is 0 Å². The Bertz CT molecular complexity index is 586. The average Bonchev–Trinajstić information content (AvgIpc) is 2.54. The van der Waals surface area contributed by atoms with E-state index in [1.807, 2.05) is 39.0 Å². The van der Waals surface area contributed by atoms with Crippen LogP contribution in [0.2, 0.25) is 0 Å². The minimum Gasteiger partial charge on any atom is -0.478 e. The number of nitrogens with two attached hydrogens (primary N) is 1. The van der Waals surface area contributed by atoms with E-state index in [-0.39, 0.29) is 24.4 Å². The SMILES string of the molecule is CCCNC(=O)CN1C(=O)C(CC)Oc2ccc(C(C)N)cc21. The van der Waals surface area contributed by atoms with Crippen molar-refractivity contribution in [1.82, 2.24) is 5.32 Å². The van der Waals surface area contributed by atoms with Crippen molar-refractivity contribution in [3.05, 3.63) is 23.8 Å². The summed E-state index contributed by atoms with van der Waals surface area (Å²) >= 11 is 0. The molecule has 0 radical (unpaired) electrons. The number of hydrogen-bond acceptors (Lipinski definition) is 4. The van der Waals surface area contributed by atoms with Gasteiger partial charge in [0.1, 0.15) is 12.3 Å². The van der Waals surface area contributed by atoms with E-state index in [1.165, 1.54) is 4.90 Å². The van der Waals surface area contributed by atoms with Crippen molar-refractivity contribution in [3.8, 4) is 5.75 Å². The molecule has 6 heteroatoms. The summed E-state index contributed by atoms with van der Waals surface area (Å²) in [5.41, 5.74) is 7.43. The summed E-state index contributed by atoms with van der Waals surface area (Å²) in [5.74, 6) is 0.256. The van der Waals surface area contributed by atoms with E-state index in [9.17, 15) is 9.59 Å². The van der Waals surface area contributed by atoms with Gasteiger partial charge in [-0.1, -0.05) is 19.9 Å². The van der Waals surface area contributed by atoms with Crippen LogP contribution in [0.5, 0.6) is 5.75 Å². The Hall–Kier alpha value is -2.08. The molecule has 2 rings (SSSR count). The Morgan fingerprint density at radius 2 is 2.17 bits per heavy atom. The van der Waals surface area contributed by atoms with E-state index < -0.39 is 6.10 Å². The second-order valence-electron chi connectivity index (χ2n) is 5.80. The molecule has 0 aromatic heterocycles. The first kappa shape index (κ1) is 17.3. The first-order chi connectivity index (χ1) is 11.0. The summed E-state index contributed by atoms with van der Waals surface area (Å²) in [6.07, 6.45) is 0.856. The summed E-state index contributed by atoms with van der Waals surface area (Å²) in [4.78, 5) is 26.2. The van der Waals surface area contributed by atoms with Crippen molar-refractivity contribution in [2.24, 2.45) is 5.73 Å². The molecule has 1 aromatic rings. The largest absolute Gasteiger partial charge is 0.478 e. The first-order valence-electron chi connectivity index (χ1n) is 8.12. The highest BCUT2D eigenvalue weighted by molar-refractivity contribution is 6.03. The number of benzene rings is 1. The van der Waals surface area contributed by atoms with Gasteiger partial charge in [-0.05, 0) is 37.5 Å². The first-order valence-corrected chi connectivity index (χ1v) is 8.12. The van der Waals surface area contributed by atoms with E-state index >= 15 is 0 Å².